The molecule has 0 fully saturated rings. The number of rotatable bonds is 8. The van der Waals surface area contributed by atoms with Crippen molar-refractivity contribution in [3.8, 4) is 6.07 Å². The summed E-state index contributed by atoms with van der Waals surface area (Å²) in [6.45, 7) is 4.04. The van der Waals surface area contributed by atoms with E-state index in [9.17, 15) is 9.59 Å². The van der Waals surface area contributed by atoms with Crippen molar-refractivity contribution in [2.75, 3.05) is 20.2 Å². The van der Waals surface area contributed by atoms with Gasteiger partial charge in [0.2, 0.25) is 0 Å². The van der Waals surface area contributed by atoms with E-state index in [-0.39, 0.29) is 31.5 Å². The Morgan fingerprint density at radius 2 is 2.16 bits per heavy atom. The van der Waals surface area contributed by atoms with E-state index >= 15 is 0 Å². The van der Waals surface area contributed by atoms with Gasteiger partial charge in [0.15, 0.2) is 0 Å². The number of nitrogens with one attached hydrogen (secondary N) is 1. The van der Waals surface area contributed by atoms with Crippen LogP contribution in [0.4, 0.5) is 4.79 Å². The number of carbonyl (C=O) groups excluding carboxylic acids is 1. The van der Waals surface area contributed by atoms with Crippen LogP contribution in [-0.2, 0) is 9.53 Å². The van der Waals surface area contributed by atoms with E-state index in [1.807, 2.05) is 6.07 Å². The molecule has 0 bridgehead atoms. The molecule has 0 aliphatic carbocycles. The van der Waals surface area contributed by atoms with Gasteiger partial charge < -0.3 is 20.1 Å². The van der Waals surface area contributed by atoms with E-state index in [1.54, 1.807) is 20.9 Å². The summed E-state index contributed by atoms with van der Waals surface area (Å²) in [5, 5.41) is 19.9. The van der Waals surface area contributed by atoms with Crippen LogP contribution in [0.3, 0.4) is 0 Å². The Morgan fingerprint density at radius 1 is 1.53 bits per heavy atom. The lowest BCUT2D eigenvalue weighted by molar-refractivity contribution is -0.140. The minimum atomic E-state index is -0.973. The standard InChI is InChI=1S/C12H21N3O4/c1-4-19-10(7-11(16)17)8-14-12(18)15(3)9(2)5-6-13/h9-10H,4-5,7-8H2,1-3H3,(H,14,18)(H,16,17). The van der Waals surface area contributed by atoms with Crippen molar-refractivity contribution in [1.82, 2.24) is 10.2 Å². The first-order chi connectivity index (χ1) is 8.92. The van der Waals surface area contributed by atoms with Crippen molar-refractivity contribution in [1.29, 1.82) is 5.26 Å². The quantitative estimate of drug-likeness (QED) is 0.680. The van der Waals surface area contributed by atoms with Crippen LogP contribution in [0.1, 0.15) is 26.7 Å². The van der Waals surface area contributed by atoms with Gasteiger partial charge in [0.25, 0.3) is 0 Å². The molecule has 0 saturated carbocycles. The summed E-state index contributed by atoms with van der Waals surface area (Å²) in [4.78, 5) is 23.8. The van der Waals surface area contributed by atoms with Gasteiger partial charge in [0.05, 0.1) is 25.0 Å². The molecule has 2 unspecified atom stereocenters. The second-order valence-electron chi connectivity index (χ2n) is 4.18. The zero-order valence-electron chi connectivity index (χ0n) is 11.5. The Hall–Kier alpha value is -1.81. The van der Waals surface area contributed by atoms with Crippen LogP contribution < -0.4 is 5.32 Å². The van der Waals surface area contributed by atoms with Crippen LogP contribution in [0.15, 0.2) is 0 Å². The molecule has 2 atom stereocenters. The van der Waals surface area contributed by atoms with E-state index in [0.29, 0.717) is 6.61 Å². The van der Waals surface area contributed by atoms with Gasteiger partial charge in [0, 0.05) is 26.2 Å². The number of nitrogens with zero attached hydrogens (tertiary/aromatic N) is 2. The van der Waals surface area contributed by atoms with Gasteiger partial charge in [-0.2, -0.15) is 5.26 Å². The predicted molar refractivity (Wildman–Crippen MR) is 68.5 cm³/mol. The third kappa shape index (κ3) is 7.26. The van der Waals surface area contributed by atoms with Crippen molar-refractivity contribution in [2.24, 2.45) is 0 Å². The van der Waals surface area contributed by atoms with Gasteiger partial charge in [-0.25, -0.2) is 4.79 Å². The summed E-state index contributed by atoms with van der Waals surface area (Å²) >= 11 is 0. The maximum Gasteiger partial charge on any atom is 0.317 e. The Labute approximate surface area is 113 Å². The molecular formula is C12H21N3O4. The van der Waals surface area contributed by atoms with Gasteiger partial charge in [0.1, 0.15) is 0 Å². The molecule has 0 aromatic heterocycles. The second-order valence-corrected chi connectivity index (χ2v) is 4.18. The molecule has 19 heavy (non-hydrogen) atoms. The molecule has 108 valence electrons. The fourth-order valence-corrected chi connectivity index (χ4v) is 1.42. The van der Waals surface area contributed by atoms with Gasteiger partial charge in [-0.15, -0.1) is 0 Å². The van der Waals surface area contributed by atoms with Gasteiger partial charge in [-0.1, -0.05) is 0 Å². The molecule has 0 rings (SSSR count). The average Bonchev–Trinajstić information content (AvgIpc) is 2.34. The normalized spacial score (nSPS) is 13.2. The zero-order chi connectivity index (χ0) is 14.8. The summed E-state index contributed by atoms with van der Waals surface area (Å²) in [6.07, 6.45) is -0.467. The maximum atomic E-state index is 11.8. The van der Waals surface area contributed by atoms with E-state index in [1.165, 1.54) is 4.90 Å². The summed E-state index contributed by atoms with van der Waals surface area (Å²) < 4.78 is 5.22. The number of hydrogen-bond acceptors (Lipinski definition) is 4. The molecule has 7 heteroatoms. The van der Waals surface area contributed by atoms with Crippen molar-refractivity contribution in [3.05, 3.63) is 0 Å². The number of ether oxygens (including phenoxy) is 1. The topological polar surface area (TPSA) is 103 Å². The van der Waals surface area contributed by atoms with Crippen molar-refractivity contribution in [3.63, 3.8) is 0 Å². The predicted octanol–water partition coefficient (Wildman–Crippen LogP) is 0.810. The van der Waals surface area contributed by atoms with E-state index in [2.05, 4.69) is 5.32 Å². The first kappa shape index (κ1) is 17.2. The molecule has 0 aliphatic rings. The largest absolute Gasteiger partial charge is 0.481 e. The number of carboxylic acid groups (broad SMARTS) is 1. The smallest absolute Gasteiger partial charge is 0.317 e. The summed E-state index contributed by atoms with van der Waals surface area (Å²) in [7, 11) is 1.59. The first-order valence-corrected chi connectivity index (χ1v) is 6.13. The summed E-state index contributed by atoms with van der Waals surface area (Å²) in [5.74, 6) is -0.973. The number of urea groups is 1. The minimum absolute atomic E-state index is 0.128. The van der Waals surface area contributed by atoms with Crippen LogP contribution in [0, 0.1) is 11.3 Å². The Morgan fingerprint density at radius 3 is 2.63 bits per heavy atom. The monoisotopic (exact) mass is 271 g/mol. The number of carboxylic acids is 1. The number of carbonyl (C=O) groups is 2. The molecule has 7 nitrogen and oxygen atoms in total. The van der Waals surface area contributed by atoms with Crippen LogP contribution in [-0.4, -0.2) is 54.4 Å². The molecule has 0 aromatic rings. The van der Waals surface area contributed by atoms with E-state index in [4.69, 9.17) is 15.1 Å². The number of hydrogen-bond donors (Lipinski definition) is 2. The highest BCUT2D eigenvalue weighted by Crippen LogP contribution is 2.02. The highest BCUT2D eigenvalue weighted by atomic mass is 16.5. The van der Waals surface area contributed by atoms with Crippen LogP contribution in [0.5, 0.6) is 0 Å². The maximum absolute atomic E-state index is 11.8. The molecular weight excluding hydrogens is 250 g/mol. The fraction of sp³-hybridized carbons (Fsp3) is 0.750. The number of amides is 2. The van der Waals surface area contributed by atoms with Crippen LogP contribution >= 0.6 is 0 Å². The van der Waals surface area contributed by atoms with Crippen molar-refractivity contribution < 1.29 is 19.4 Å². The van der Waals surface area contributed by atoms with Crippen LogP contribution in [0.25, 0.3) is 0 Å². The fourth-order valence-electron chi connectivity index (χ4n) is 1.42. The third-order valence-electron chi connectivity index (χ3n) is 2.65. The highest BCUT2D eigenvalue weighted by Gasteiger charge is 2.18. The summed E-state index contributed by atoms with van der Waals surface area (Å²) in [5.41, 5.74) is 0. The molecule has 2 N–H and O–H groups in total. The number of nitriles is 1. The third-order valence-corrected chi connectivity index (χ3v) is 2.65. The SMILES string of the molecule is CCOC(CNC(=O)N(C)C(C)CC#N)CC(=O)O. The van der Waals surface area contributed by atoms with Crippen molar-refractivity contribution in [2.45, 2.75) is 38.8 Å². The van der Waals surface area contributed by atoms with Crippen LogP contribution in [0.2, 0.25) is 0 Å². The second kappa shape index (κ2) is 9.16. The lowest BCUT2D eigenvalue weighted by Crippen LogP contribution is -2.45. The lowest BCUT2D eigenvalue weighted by Gasteiger charge is -2.24. The average molecular weight is 271 g/mol. The molecule has 0 spiro atoms. The van der Waals surface area contributed by atoms with E-state index in [0.717, 1.165) is 0 Å². The van der Waals surface area contributed by atoms with Crippen molar-refractivity contribution >= 4 is 12.0 Å². The minimum Gasteiger partial charge on any atom is -0.481 e. The molecule has 0 aliphatic heterocycles. The highest BCUT2D eigenvalue weighted by molar-refractivity contribution is 5.74. The number of aliphatic carboxylic acids is 1. The van der Waals surface area contributed by atoms with E-state index < -0.39 is 12.1 Å². The first-order valence-electron chi connectivity index (χ1n) is 6.13. The molecule has 0 radical (unpaired) electrons. The van der Waals surface area contributed by atoms with Gasteiger partial charge in [-0.3, -0.25) is 4.79 Å². The zero-order valence-corrected chi connectivity index (χ0v) is 11.5. The Kier molecular flexibility index (Phi) is 8.29. The molecule has 0 saturated heterocycles. The Balaban J connectivity index is 4.23. The van der Waals surface area contributed by atoms with Gasteiger partial charge >= 0.3 is 12.0 Å². The molecule has 0 aromatic carbocycles. The summed E-state index contributed by atoms with van der Waals surface area (Å²) in [6, 6.07) is 1.44. The van der Waals surface area contributed by atoms with Gasteiger partial charge in [-0.05, 0) is 13.8 Å². The molecule has 2 amide bonds. The lowest BCUT2D eigenvalue weighted by atomic mass is 10.2. The Bertz CT molecular complexity index is 340. The molecule has 0 heterocycles.